The summed E-state index contributed by atoms with van der Waals surface area (Å²) in [6.45, 7) is 3.15. The summed E-state index contributed by atoms with van der Waals surface area (Å²) in [5.41, 5.74) is 2.18. The number of nitrogens with one attached hydrogen (secondary N) is 1. The Morgan fingerprint density at radius 1 is 1.47 bits per heavy atom. The normalized spacial score (nSPS) is 22.1. The average molecular weight is 230 g/mol. The topological polar surface area (TPSA) is 37.9 Å². The van der Waals surface area contributed by atoms with Gasteiger partial charge < -0.3 is 9.72 Å². The van der Waals surface area contributed by atoms with Gasteiger partial charge >= 0.3 is 0 Å². The van der Waals surface area contributed by atoms with Crippen LogP contribution in [0.5, 0.6) is 0 Å². The van der Waals surface area contributed by atoms with Crippen molar-refractivity contribution in [1.82, 2.24) is 9.97 Å². The molecule has 1 aromatic carbocycles. The highest BCUT2D eigenvalue weighted by Gasteiger charge is 2.20. The standard InChI is InChI=1S/C14H18N2O/c1-10(9-11-5-4-8-17-11)14-15-12-6-2-3-7-13(12)16-14/h2-3,6-7,10-11H,4-5,8-9H2,1H3,(H,15,16)/t10-,11-/m0/s1. The first kappa shape index (κ1) is 10.8. The number of rotatable bonds is 3. The van der Waals surface area contributed by atoms with E-state index in [0.29, 0.717) is 12.0 Å². The van der Waals surface area contributed by atoms with Gasteiger partial charge in [-0.15, -0.1) is 0 Å². The van der Waals surface area contributed by atoms with E-state index in [9.17, 15) is 0 Å². The molecule has 0 aliphatic carbocycles. The van der Waals surface area contributed by atoms with E-state index in [-0.39, 0.29) is 0 Å². The van der Waals surface area contributed by atoms with E-state index in [0.717, 1.165) is 29.9 Å². The molecule has 1 N–H and O–H groups in total. The Balaban J connectivity index is 1.77. The van der Waals surface area contributed by atoms with Gasteiger partial charge in [-0.3, -0.25) is 0 Å². The summed E-state index contributed by atoms with van der Waals surface area (Å²) in [5.74, 6) is 1.52. The Hall–Kier alpha value is -1.35. The monoisotopic (exact) mass is 230 g/mol. The molecule has 2 heterocycles. The van der Waals surface area contributed by atoms with Gasteiger partial charge in [0.05, 0.1) is 17.1 Å². The number of aromatic nitrogens is 2. The summed E-state index contributed by atoms with van der Waals surface area (Å²) >= 11 is 0. The maximum atomic E-state index is 5.68. The summed E-state index contributed by atoms with van der Waals surface area (Å²) in [7, 11) is 0. The number of ether oxygens (including phenoxy) is 1. The number of nitrogens with zero attached hydrogens (tertiary/aromatic N) is 1. The molecule has 17 heavy (non-hydrogen) atoms. The number of hydrogen-bond acceptors (Lipinski definition) is 2. The van der Waals surface area contributed by atoms with Crippen LogP contribution < -0.4 is 0 Å². The molecule has 0 spiro atoms. The third-order valence-electron chi connectivity index (χ3n) is 3.51. The lowest BCUT2D eigenvalue weighted by Crippen LogP contribution is -2.10. The summed E-state index contributed by atoms with van der Waals surface area (Å²) in [6.07, 6.45) is 3.90. The molecular weight excluding hydrogens is 212 g/mol. The van der Waals surface area contributed by atoms with Gasteiger partial charge in [-0.1, -0.05) is 19.1 Å². The molecule has 2 atom stereocenters. The average Bonchev–Trinajstić information content (AvgIpc) is 2.96. The minimum atomic E-state index is 0.429. The first-order valence-corrected chi connectivity index (χ1v) is 6.39. The second-order valence-electron chi connectivity index (χ2n) is 4.91. The van der Waals surface area contributed by atoms with Crippen molar-refractivity contribution < 1.29 is 4.74 Å². The first-order valence-electron chi connectivity index (χ1n) is 6.39. The number of H-pyrrole nitrogens is 1. The number of benzene rings is 1. The number of fused-ring (bicyclic) bond motifs is 1. The quantitative estimate of drug-likeness (QED) is 0.879. The van der Waals surface area contributed by atoms with Crippen LogP contribution in [0.2, 0.25) is 0 Å². The second-order valence-corrected chi connectivity index (χ2v) is 4.91. The third kappa shape index (κ3) is 2.20. The number of hydrogen-bond donors (Lipinski definition) is 1. The second kappa shape index (κ2) is 4.49. The van der Waals surface area contributed by atoms with Gasteiger partial charge in [0.15, 0.2) is 0 Å². The van der Waals surface area contributed by atoms with Crippen molar-refractivity contribution in [2.45, 2.75) is 38.2 Å². The molecule has 1 aliphatic heterocycles. The minimum Gasteiger partial charge on any atom is -0.378 e. The van der Waals surface area contributed by atoms with E-state index in [1.807, 2.05) is 18.2 Å². The molecule has 0 unspecified atom stereocenters. The Labute approximate surface area is 101 Å². The third-order valence-corrected chi connectivity index (χ3v) is 3.51. The smallest absolute Gasteiger partial charge is 0.110 e. The van der Waals surface area contributed by atoms with Gasteiger partial charge in [-0.2, -0.15) is 0 Å². The molecule has 90 valence electrons. The molecule has 1 fully saturated rings. The van der Waals surface area contributed by atoms with Gasteiger partial charge in [-0.05, 0) is 31.4 Å². The summed E-state index contributed by atoms with van der Waals surface area (Å²) < 4.78 is 5.68. The highest BCUT2D eigenvalue weighted by Crippen LogP contribution is 2.26. The van der Waals surface area contributed by atoms with Crippen molar-refractivity contribution in [3.8, 4) is 0 Å². The number of imidazole rings is 1. The van der Waals surface area contributed by atoms with Crippen LogP contribution in [0.15, 0.2) is 24.3 Å². The van der Waals surface area contributed by atoms with Crippen molar-refractivity contribution in [1.29, 1.82) is 0 Å². The van der Waals surface area contributed by atoms with E-state index < -0.39 is 0 Å². The zero-order valence-electron chi connectivity index (χ0n) is 10.1. The van der Waals surface area contributed by atoms with Crippen LogP contribution in [-0.4, -0.2) is 22.7 Å². The SMILES string of the molecule is C[C@@H](C[C@@H]1CCCO1)c1nc2ccccc2[nH]1. The molecule has 3 rings (SSSR count). The van der Waals surface area contributed by atoms with Crippen LogP contribution in [-0.2, 0) is 4.74 Å². The zero-order valence-corrected chi connectivity index (χ0v) is 10.1. The lowest BCUT2D eigenvalue weighted by atomic mass is 10.0. The van der Waals surface area contributed by atoms with Gasteiger partial charge in [-0.25, -0.2) is 4.98 Å². The molecule has 0 radical (unpaired) electrons. The van der Waals surface area contributed by atoms with E-state index in [1.165, 1.54) is 12.8 Å². The summed E-state index contributed by atoms with van der Waals surface area (Å²) in [4.78, 5) is 8.05. The molecule has 0 saturated carbocycles. The van der Waals surface area contributed by atoms with E-state index in [1.54, 1.807) is 0 Å². The van der Waals surface area contributed by atoms with Crippen LogP contribution in [0.1, 0.15) is 37.9 Å². The molecule has 0 bridgehead atoms. The van der Waals surface area contributed by atoms with E-state index in [2.05, 4.69) is 23.0 Å². The Morgan fingerprint density at radius 2 is 2.35 bits per heavy atom. The van der Waals surface area contributed by atoms with Crippen molar-refractivity contribution in [2.24, 2.45) is 0 Å². The first-order chi connectivity index (χ1) is 8.33. The van der Waals surface area contributed by atoms with Crippen LogP contribution in [0.4, 0.5) is 0 Å². The molecule has 1 aliphatic rings. The van der Waals surface area contributed by atoms with E-state index in [4.69, 9.17) is 4.74 Å². The fourth-order valence-corrected chi connectivity index (χ4v) is 2.54. The fourth-order valence-electron chi connectivity index (χ4n) is 2.54. The Kier molecular flexibility index (Phi) is 2.85. The van der Waals surface area contributed by atoms with Crippen LogP contribution in [0.3, 0.4) is 0 Å². The highest BCUT2D eigenvalue weighted by molar-refractivity contribution is 5.74. The van der Waals surface area contributed by atoms with Crippen LogP contribution in [0, 0.1) is 0 Å². The molecule has 1 aromatic heterocycles. The van der Waals surface area contributed by atoms with Gasteiger partial charge in [0.2, 0.25) is 0 Å². The van der Waals surface area contributed by atoms with Gasteiger partial charge in [0.25, 0.3) is 0 Å². The maximum absolute atomic E-state index is 5.68. The Morgan fingerprint density at radius 3 is 3.12 bits per heavy atom. The van der Waals surface area contributed by atoms with Crippen molar-refractivity contribution in [3.63, 3.8) is 0 Å². The van der Waals surface area contributed by atoms with Crippen molar-refractivity contribution in [2.75, 3.05) is 6.61 Å². The Bertz CT molecular complexity index is 467. The maximum Gasteiger partial charge on any atom is 0.110 e. The van der Waals surface area contributed by atoms with Gasteiger partial charge in [0.1, 0.15) is 5.82 Å². The molecule has 2 aromatic rings. The predicted molar refractivity (Wildman–Crippen MR) is 68.1 cm³/mol. The van der Waals surface area contributed by atoms with Crippen LogP contribution in [0.25, 0.3) is 11.0 Å². The van der Waals surface area contributed by atoms with E-state index >= 15 is 0 Å². The zero-order chi connectivity index (χ0) is 11.7. The summed E-state index contributed by atoms with van der Waals surface area (Å²) in [6, 6.07) is 8.19. The van der Waals surface area contributed by atoms with Crippen LogP contribution >= 0.6 is 0 Å². The minimum absolute atomic E-state index is 0.429. The molecule has 0 amide bonds. The molecule has 3 nitrogen and oxygen atoms in total. The molecular formula is C14H18N2O. The lowest BCUT2D eigenvalue weighted by Gasteiger charge is -2.13. The fraction of sp³-hybridized carbons (Fsp3) is 0.500. The van der Waals surface area contributed by atoms with Gasteiger partial charge in [0, 0.05) is 12.5 Å². The predicted octanol–water partition coefficient (Wildman–Crippen LogP) is 3.24. The van der Waals surface area contributed by atoms with Crippen molar-refractivity contribution >= 4 is 11.0 Å². The number of aromatic amines is 1. The largest absolute Gasteiger partial charge is 0.378 e. The number of para-hydroxylation sites is 2. The molecule has 3 heteroatoms. The van der Waals surface area contributed by atoms with Crippen molar-refractivity contribution in [3.05, 3.63) is 30.1 Å². The summed E-state index contributed by atoms with van der Waals surface area (Å²) in [5, 5.41) is 0. The highest BCUT2D eigenvalue weighted by atomic mass is 16.5. The lowest BCUT2D eigenvalue weighted by molar-refractivity contribution is 0.0987. The molecule has 1 saturated heterocycles.